The number of carboxylic acids is 1. The van der Waals surface area contributed by atoms with Crippen molar-refractivity contribution in [3.63, 3.8) is 0 Å². The van der Waals surface area contributed by atoms with E-state index in [0.29, 0.717) is 6.42 Å². The van der Waals surface area contributed by atoms with Crippen LogP contribution in [-0.4, -0.2) is 11.1 Å². The number of hydrogen-bond donors (Lipinski definition) is 1. The molecule has 2 heteroatoms. The van der Waals surface area contributed by atoms with Gasteiger partial charge in [0.1, 0.15) is 0 Å². The van der Waals surface area contributed by atoms with Crippen LogP contribution in [0.4, 0.5) is 0 Å². The summed E-state index contributed by atoms with van der Waals surface area (Å²) in [4.78, 5) is 10.3. The minimum atomic E-state index is -0.686. The highest BCUT2D eigenvalue weighted by Gasteiger charge is 2.17. The van der Waals surface area contributed by atoms with Crippen molar-refractivity contribution in [1.29, 1.82) is 0 Å². The summed E-state index contributed by atoms with van der Waals surface area (Å²) in [6, 6.07) is 0. The maximum atomic E-state index is 10.3. The first kappa shape index (κ1) is 10.5. The second-order valence-corrected chi connectivity index (χ2v) is 3.81. The standard InChI is InChI=1S/C9H18O2/c1-4-6-9(2,3)7-5-8(10)11/h4-7H2,1-3H3,(H,10,11). The van der Waals surface area contributed by atoms with E-state index in [9.17, 15) is 4.79 Å². The SMILES string of the molecule is CCCC(C)(C)CCC(=O)O. The molecule has 0 spiro atoms. The van der Waals surface area contributed by atoms with Crippen molar-refractivity contribution in [2.45, 2.75) is 46.5 Å². The molecule has 0 aromatic rings. The summed E-state index contributed by atoms with van der Waals surface area (Å²) in [6.45, 7) is 6.38. The van der Waals surface area contributed by atoms with Crippen LogP contribution >= 0.6 is 0 Å². The van der Waals surface area contributed by atoms with Gasteiger partial charge in [0.2, 0.25) is 0 Å². The van der Waals surface area contributed by atoms with Crippen molar-refractivity contribution in [3.8, 4) is 0 Å². The van der Waals surface area contributed by atoms with E-state index in [0.717, 1.165) is 19.3 Å². The topological polar surface area (TPSA) is 37.3 Å². The number of carbonyl (C=O) groups is 1. The molecule has 0 unspecified atom stereocenters. The first-order valence-corrected chi connectivity index (χ1v) is 4.20. The van der Waals surface area contributed by atoms with E-state index < -0.39 is 5.97 Å². The third-order valence-corrected chi connectivity index (χ3v) is 1.94. The van der Waals surface area contributed by atoms with Crippen molar-refractivity contribution in [1.82, 2.24) is 0 Å². The Balaban J connectivity index is 3.63. The largest absolute Gasteiger partial charge is 0.481 e. The molecule has 1 N–H and O–H groups in total. The molecule has 0 bridgehead atoms. The highest BCUT2D eigenvalue weighted by atomic mass is 16.4. The second kappa shape index (κ2) is 4.37. The van der Waals surface area contributed by atoms with Gasteiger partial charge in [-0.2, -0.15) is 0 Å². The van der Waals surface area contributed by atoms with Crippen LogP contribution in [0.1, 0.15) is 46.5 Å². The van der Waals surface area contributed by atoms with Gasteiger partial charge in [-0.15, -0.1) is 0 Å². The summed E-state index contributed by atoms with van der Waals surface area (Å²) >= 11 is 0. The molecule has 0 saturated carbocycles. The van der Waals surface area contributed by atoms with Gasteiger partial charge >= 0.3 is 5.97 Å². The first-order chi connectivity index (χ1) is 4.98. The zero-order valence-electron chi connectivity index (χ0n) is 7.68. The van der Waals surface area contributed by atoms with Gasteiger partial charge in [-0.05, 0) is 18.3 Å². The molecule has 0 saturated heterocycles. The molecule has 0 aliphatic carbocycles. The Morgan fingerprint density at radius 2 is 1.91 bits per heavy atom. The molecule has 0 aliphatic heterocycles. The van der Waals surface area contributed by atoms with Gasteiger partial charge in [-0.3, -0.25) is 4.79 Å². The van der Waals surface area contributed by atoms with Crippen molar-refractivity contribution < 1.29 is 9.90 Å². The highest BCUT2D eigenvalue weighted by molar-refractivity contribution is 5.66. The molecule has 0 atom stereocenters. The van der Waals surface area contributed by atoms with Crippen LogP contribution in [0.3, 0.4) is 0 Å². The van der Waals surface area contributed by atoms with Gasteiger partial charge in [-0.1, -0.05) is 27.2 Å². The van der Waals surface area contributed by atoms with E-state index in [-0.39, 0.29) is 5.41 Å². The van der Waals surface area contributed by atoms with E-state index >= 15 is 0 Å². The molecule has 0 heterocycles. The van der Waals surface area contributed by atoms with E-state index in [1.54, 1.807) is 0 Å². The van der Waals surface area contributed by atoms with Gasteiger partial charge in [0.05, 0.1) is 0 Å². The molecular formula is C9H18O2. The Morgan fingerprint density at radius 1 is 1.36 bits per heavy atom. The van der Waals surface area contributed by atoms with Crippen LogP contribution in [-0.2, 0) is 4.79 Å². The Bertz CT molecular complexity index is 128. The normalized spacial score (nSPS) is 11.5. The predicted octanol–water partition coefficient (Wildman–Crippen LogP) is 2.68. The fraction of sp³-hybridized carbons (Fsp3) is 0.889. The quantitative estimate of drug-likeness (QED) is 0.668. The van der Waals surface area contributed by atoms with Crippen LogP contribution in [0, 0.1) is 5.41 Å². The number of rotatable bonds is 5. The average molecular weight is 158 g/mol. The molecule has 0 rings (SSSR count). The van der Waals surface area contributed by atoms with Gasteiger partial charge in [-0.25, -0.2) is 0 Å². The molecule has 2 nitrogen and oxygen atoms in total. The minimum absolute atomic E-state index is 0.202. The summed E-state index contributed by atoms with van der Waals surface area (Å²) in [5, 5.41) is 8.45. The van der Waals surface area contributed by atoms with E-state index in [2.05, 4.69) is 20.8 Å². The van der Waals surface area contributed by atoms with Crippen molar-refractivity contribution in [2.75, 3.05) is 0 Å². The van der Waals surface area contributed by atoms with Crippen LogP contribution in [0.15, 0.2) is 0 Å². The first-order valence-electron chi connectivity index (χ1n) is 4.20. The van der Waals surface area contributed by atoms with Gasteiger partial charge in [0.25, 0.3) is 0 Å². The lowest BCUT2D eigenvalue weighted by atomic mass is 9.83. The summed E-state index contributed by atoms with van der Waals surface area (Å²) in [7, 11) is 0. The summed E-state index contributed by atoms with van der Waals surface area (Å²) in [5.41, 5.74) is 0.202. The van der Waals surface area contributed by atoms with Crippen LogP contribution in [0.5, 0.6) is 0 Å². The monoisotopic (exact) mass is 158 g/mol. The molecule has 11 heavy (non-hydrogen) atoms. The maximum absolute atomic E-state index is 10.3. The summed E-state index contributed by atoms with van der Waals surface area (Å²) in [5.74, 6) is -0.686. The molecule has 0 aromatic carbocycles. The van der Waals surface area contributed by atoms with Crippen LogP contribution in [0.2, 0.25) is 0 Å². The number of carboxylic acid groups (broad SMARTS) is 1. The molecule has 66 valence electrons. The molecular weight excluding hydrogens is 140 g/mol. The highest BCUT2D eigenvalue weighted by Crippen LogP contribution is 2.27. The van der Waals surface area contributed by atoms with E-state index in [4.69, 9.17) is 5.11 Å². The van der Waals surface area contributed by atoms with Gasteiger partial charge < -0.3 is 5.11 Å². The molecule has 0 aliphatic rings. The maximum Gasteiger partial charge on any atom is 0.303 e. The molecule has 0 amide bonds. The zero-order valence-corrected chi connectivity index (χ0v) is 7.68. The molecule has 0 aromatic heterocycles. The fourth-order valence-corrected chi connectivity index (χ4v) is 1.25. The minimum Gasteiger partial charge on any atom is -0.481 e. The summed E-state index contributed by atoms with van der Waals surface area (Å²) in [6.07, 6.45) is 3.33. The van der Waals surface area contributed by atoms with Crippen molar-refractivity contribution >= 4 is 5.97 Å². The Kier molecular flexibility index (Phi) is 4.16. The van der Waals surface area contributed by atoms with Gasteiger partial charge in [0, 0.05) is 6.42 Å². The van der Waals surface area contributed by atoms with E-state index in [1.807, 2.05) is 0 Å². The zero-order chi connectivity index (χ0) is 8.91. The Hall–Kier alpha value is -0.530. The molecule has 0 fully saturated rings. The second-order valence-electron chi connectivity index (χ2n) is 3.81. The molecule has 0 radical (unpaired) electrons. The van der Waals surface area contributed by atoms with E-state index in [1.165, 1.54) is 0 Å². The number of aliphatic carboxylic acids is 1. The predicted molar refractivity (Wildman–Crippen MR) is 45.6 cm³/mol. The lowest BCUT2D eigenvalue weighted by Crippen LogP contribution is -2.12. The Morgan fingerprint density at radius 3 is 2.27 bits per heavy atom. The average Bonchev–Trinajstić information content (AvgIpc) is 1.84. The van der Waals surface area contributed by atoms with Crippen LogP contribution < -0.4 is 0 Å². The number of hydrogen-bond acceptors (Lipinski definition) is 1. The van der Waals surface area contributed by atoms with Crippen LogP contribution in [0.25, 0.3) is 0 Å². The fourth-order valence-electron chi connectivity index (χ4n) is 1.25. The smallest absolute Gasteiger partial charge is 0.303 e. The van der Waals surface area contributed by atoms with Crippen molar-refractivity contribution in [2.24, 2.45) is 5.41 Å². The lowest BCUT2D eigenvalue weighted by Gasteiger charge is -2.22. The summed E-state index contributed by atoms with van der Waals surface area (Å²) < 4.78 is 0. The van der Waals surface area contributed by atoms with Gasteiger partial charge in [0.15, 0.2) is 0 Å². The van der Waals surface area contributed by atoms with Crippen molar-refractivity contribution in [3.05, 3.63) is 0 Å². The third-order valence-electron chi connectivity index (χ3n) is 1.94. The lowest BCUT2D eigenvalue weighted by molar-refractivity contribution is -0.137. The third kappa shape index (κ3) is 5.89. The Labute approximate surface area is 68.6 Å².